The summed E-state index contributed by atoms with van der Waals surface area (Å²) in [6.07, 6.45) is 26.9. The van der Waals surface area contributed by atoms with Crippen LogP contribution in [-0.2, 0) is 32.3 Å². The molecule has 332 valence electrons. The normalized spacial score (nSPS) is 13.1. The first-order chi connectivity index (χ1) is 28.2. The standard InChI is InChI=1S/2C25H42O4.Ba/c2*1-2-3-4-5-6-10-16-23(26)17-11-12-18-24(19-13-20-25(27)28)29-21-22-14-8-7-9-15-22;/h2*7-9,14-15,23-24,26H,2-6,10-13,16-21H2,1H3,(H,27,28);/q;;+2/p-2. The molecule has 0 aliphatic rings. The van der Waals surface area contributed by atoms with Gasteiger partial charge in [0, 0.05) is 11.9 Å². The first kappa shape index (κ1) is 57.8. The van der Waals surface area contributed by atoms with Crippen LogP contribution < -0.4 is 10.2 Å². The number of ether oxygens (including phenoxy) is 2. The number of unbranched alkanes of at least 4 members (excludes halogenated alkanes) is 12. The van der Waals surface area contributed by atoms with Crippen LogP contribution in [0.4, 0.5) is 0 Å². The van der Waals surface area contributed by atoms with E-state index in [9.17, 15) is 30.0 Å². The van der Waals surface area contributed by atoms with Gasteiger partial charge in [0.2, 0.25) is 0 Å². The first-order valence-corrected chi connectivity index (χ1v) is 23.3. The Bertz CT molecular complexity index is 1110. The third-order valence-corrected chi connectivity index (χ3v) is 10.9. The molecule has 0 bridgehead atoms. The van der Waals surface area contributed by atoms with Crippen molar-refractivity contribution in [2.45, 2.75) is 231 Å². The van der Waals surface area contributed by atoms with Gasteiger partial charge in [-0.2, -0.15) is 0 Å². The fourth-order valence-electron chi connectivity index (χ4n) is 7.26. The minimum absolute atomic E-state index is 0. The van der Waals surface area contributed by atoms with Gasteiger partial charge >= 0.3 is 48.9 Å². The van der Waals surface area contributed by atoms with Crippen molar-refractivity contribution >= 4 is 60.8 Å². The number of benzene rings is 2. The molecule has 0 fully saturated rings. The SMILES string of the molecule is CCCCCCCCC(O)CCCCC(CCCC(=O)[O-])OCc1ccccc1.CCCCCCCCC(O)CCCCC(CCCC(=O)[O-])OCc1ccccc1.[Ba+2]. The molecule has 2 aromatic carbocycles. The molecule has 2 aromatic rings. The van der Waals surface area contributed by atoms with Gasteiger partial charge in [0.05, 0.1) is 37.6 Å². The molecule has 2 N–H and O–H groups in total. The zero-order chi connectivity index (χ0) is 42.3. The summed E-state index contributed by atoms with van der Waals surface area (Å²) < 4.78 is 12.1. The van der Waals surface area contributed by atoms with Crippen LogP contribution >= 0.6 is 0 Å². The largest absolute Gasteiger partial charge is 2.00 e. The van der Waals surface area contributed by atoms with Crippen LogP contribution in [-0.4, -0.2) is 95.4 Å². The number of carboxylic acids is 2. The molecule has 2 rings (SSSR count). The number of hydrogen-bond acceptors (Lipinski definition) is 8. The number of carbonyl (C=O) groups is 2. The van der Waals surface area contributed by atoms with Crippen LogP contribution in [0, 0.1) is 0 Å². The van der Waals surface area contributed by atoms with Gasteiger partial charge in [0.1, 0.15) is 0 Å². The van der Waals surface area contributed by atoms with E-state index in [4.69, 9.17) is 9.47 Å². The average molecular weight is 949 g/mol. The molecule has 59 heavy (non-hydrogen) atoms. The predicted molar refractivity (Wildman–Crippen MR) is 238 cm³/mol. The second-order valence-electron chi connectivity index (χ2n) is 16.4. The van der Waals surface area contributed by atoms with Gasteiger partial charge in [-0.15, -0.1) is 0 Å². The molecular formula is C50H82BaO8. The number of carbonyl (C=O) groups excluding carboxylic acids is 2. The van der Waals surface area contributed by atoms with E-state index in [1.165, 1.54) is 64.2 Å². The smallest absolute Gasteiger partial charge is 0.550 e. The minimum atomic E-state index is -0.996. The van der Waals surface area contributed by atoms with Crippen LogP contribution in [0.15, 0.2) is 60.7 Å². The zero-order valence-electron chi connectivity index (χ0n) is 37.3. The van der Waals surface area contributed by atoms with Crippen LogP contribution in [0.1, 0.15) is 205 Å². The van der Waals surface area contributed by atoms with Gasteiger partial charge in [0.15, 0.2) is 0 Å². The molecule has 8 nitrogen and oxygen atoms in total. The van der Waals surface area contributed by atoms with E-state index in [0.717, 1.165) is 101 Å². The van der Waals surface area contributed by atoms with Crippen LogP contribution in [0.5, 0.6) is 0 Å². The molecule has 4 atom stereocenters. The molecule has 0 radical (unpaired) electrons. The molecule has 9 heteroatoms. The summed E-state index contributed by atoms with van der Waals surface area (Å²) in [5, 5.41) is 41.7. The van der Waals surface area contributed by atoms with Crippen molar-refractivity contribution in [3.63, 3.8) is 0 Å². The Hall–Kier alpha value is -1.21. The summed E-state index contributed by atoms with van der Waals surface area (Å²) in [5.74, 6) is -1.99. The fourth-order valence-corrected chi connectivity index (χ4v) is 7.26. The Balaban J connectivity index is 0.00000112. The van der Waals surface area contributed by atoms with Crippen molar-refractivity contribution in [1.82, 2.24) is 0 Å². The molecule has 0 aliphatic carbocycles. The van der Waals surface area contributed by atoms with Gasteiger partial charge in [0.25, 0.3) is 0 Å². The number of rotatable bonds is 38. The number of aliphatic hydroxyl groups is 2. The average Bonchev–Trinajstić information content (AvgIpc) is 3.22. The maximum atomic E-state index is 10.7. The van der Waals surface area contributed by atoms with Gasteiger partial charge in [-0.1, -0.05) is 177 Å². The van der Waals surface area contributed by atoms with E-state index in [2.05, 4.69) is 13.8 Å². The Morgan fingerprint density at radius 2 is 0.746 bits per heavy atom. The Morgan fingerprint density at radius 1 is 0.458 bits per heavy atom. The quantitative estimate of drug-likeness (QED) is 0.0501. The van der Waals surface area contributed by atoms with Gasteiger partial charge in [-0.3, -0.25) is 0 Å². The predicted octanol–water partition coefficient (Wildman–Crippen LogP) is 9.95. The van der Waals surface area contributed by atoms with Crippen LogP contribution in [0.3, 0.4) is 0 Å². The maximum absolute atomic E-state index is 10.7. The maximum Gasteiger partial charge on any atom is 2.00 e. The number of aliphatic hydroxyl groups excluding tert-OH is 2. The zero-order valence-corrected chi connectivity index (χ0v) is 41.8. The van der Waals surface area contributed by atoms with Crippen LogP contribution in [0.2, 0.25) is 0 Å². The topological polar surface area (TPSA) is 139 Å². The number of aliphatic carboxylic acids is 2. The second kappa shape index (κ2) is 42.1. The Labute approximate surface area is 400 Å². The number of carboxylic acid groups (broad SMARTS) is 2. The van der Waals surface area contributed by atoms with Crippen LogP contribution in [0.25, 0.3) is 0 Å². The molecular weight excluding hydrogens is 866 g/mol. The van der Waals surface area contributed by atoms with E-state index in [0.29, 0.717) is 26.1 Å². The monoisotopic (exact) mass is 949 g/mol. The molecule has 0 aromatic heterocycles. The summed E-state index contributed by atoms with van der Waals surface area (Å²) >= 11 is 0. The summed E-state index contributed by atoms with van der Waals surface area (Å²) in [5.41, 5.74) is 2.26. The molecule has 0 aliphatic heterocycles. The Morgan fingerprint density at radius 3 is 1.08 bits per heavy atom. The molecule has 0 amide bonds. The molecule has 0 spiro atoms. The second-order valence-corrected chi connectivity index (χ2v) is 16.4. The van der Waals surface area contributed by atoms with E-state index >= 15 is 0 Å². The number of hydrogen-bond donors (Lipinski definition) is 2. The Kier molecular flexibility index (Phi) is 41.2. The van der Waals surface area contributed by atoms with E-state index in [1.54, 1.807) is 0 Å². The van der Waals surface area contributed by atoms with E-state index < -0.39 is 11.9 Å². The molecule has 4 unspecified atom stereocenters. The van der Waals surface area contributed by atoms with Crippen molar-refractivity contribution in [1.29, 1.82) is 0 Å². The molecule has 0 saturated heterocycles. The summed E-state index contributed by atoms with van der Waals surface area (Å²) in [4.78, 5) is 21.4. The van der Waals surface area contributed by atoms with Crippen molar-refractivity contribution in [3.8, 4) is 0 Å². The minimum Gasteiger partial charge on any atom is -0.550 e. The van der Waals surface area contributed by atoms with E-state index in [-0.39, 0.29) is 86.1 Å². The van der Waals surface area contributed by atoms with Gasteiger partial charge in [-0.05, 0) is 88.2 Å². The van der Waals surface area contributed by atoms with Gasteiger partial charge in [-0.25, -0.2) is 0 Å². The summed E-state index contributed by atoms with van der Waals surface area (Å²) in [7, 11) is 0. The third kappa shape index (κ3) is 38.2. The van der Waals surface area contributed by atoms with Crippen molar-refractivity contribution in [2.24, 2.45) is 0 Å². The fraction of sp³-hybridized carbons (Fsp3) is 0.720. The summed E-state index contributed by atoms with van der Waals surface area (Å²) in [6, 6.07) is 20.1. The third-order valence-electron chi connectivity index (χ3n) is 10.9. The van der Waals surface area contributed by atoms with Crippen molar-refractivity contribution in [2.75, 3.05) is 0 Å². The van der Waals surface area contributed by atoms with Gasteiger partial charge < -0.3 is 39.5 Å². The van der Waals surface area contributed by atoms with E-state index in [1.807, 2.05) is 60.7 Å². The molecule has 0 heterocycles. The van der Waals surface area contributed by atoms with Crippen molar-refractivity contribution < 1.29 is 39.5 Å². The van der Waals surface area contributed by atoms with Crippen molar-refractivity contribution in [3.05, 3.63) is 71.8 Å². The molecule has 0 saturated carbocycles. The summed E-state index contributed by atoms with van der Waals surface area (Å²) in [6.45, 7) is 5.56. The first-order valence-electron chi connectivity index (χ1n) is 23.3.